The second-order valence-corrected chi connectivity index (χ2v) is 5.43. The molecule has 0 bridgehead atoms. The molecule has 2 rings (SSSR count). The van der Waals surface area contributed by atoms with E-state index in [4.69, 9.17) is 16.7 Å². The first kappa shape index (κ1) is 17.8. The number of carbonyl (C=O) groups excluding carboxylic acids is 1. The Labute approximate surface area is 134 Å². The zero-order valence-corrected chi connectivity index (χ0v) is 13.2. The van der Waals surface area contributed by atoms with Gasteiger partial charge >= 0.3 is 5.97 Å². The summed E-state index contributed by atoms with van der Waals surface area (Å²) in [6, 6.07) is 6.53. The van der Waals surface area contributed by atoms with Crippen molar-refractivity contribution in [2.45, 2.75) is 19.4 Å². The van der Waals surface area contributed by atoms with Gasteiger partial charge in [0.2, 0.25) is 5.91 Å². The van der Waals surface area contributed by atoms with Gasteiger partial charge in [-0.25, -0.2) is 0 Å². The fourth-order valence-corrected chi connectivity index (χ4v) is 2.41. The Hall–Kier alpha value is -1.30. The number of nitrogens with zero attached hydrogens (tertiary/aromatic N) is 1. The minimum Gasteiger partial charge on any atom is -0.481 e. The van der Waals surface area contributed by atoms with Crippen LogP contribution in [0.1, 0.15) is 13.3 Å². The summed E-state index contributed by atoms with van der Waals surface area (Å²) in [5.41, 5.74) is 0.681. The van der Waals surface area contributed by atoms with E-state index in [0.29, 0.717) is 30.2 Å². The Kier molecular flexibility index (Phi) is 6.45. The first-order chi connectivity index (χ1) is 9.47. The number of amides is 1. The third kappa shape index (κ3) is 4.59. The Morgan fingerprint density at radius 1 is 1.38 bits per heavy atom. The van der Waals surface area contributed by atoms with Crippen LogP contribution < -0.4 is 5.32 Å². The lowest BCUT2D eigenvalue weighted by molar-refractivity contribution is -0.141. The van der Waals surface area contributed by atoms with Crippen molar-refractivity contribution in [1.82, 2.24) is 4.90 Å². The van der Waals surface area contributed by atoms with Gasteiger partial charge in [-0.2, -0.15) is 0 Å². The molecule has 2 N–H and O–H groups in total. The first-order valence-electron chi connectivity index (χ1n) is 6.50. The number of anilines is 1. The van der Waals surface area contributed by atoms with Gasteiger partial charge in [0.1, 0.15) is 0 Å². The lowest BCUT2D eigenvalue weighted by Gasteiger charge is -2.23. The van der Waals surface area contributed by atoms with Crippen LogP contribution in [0.25, 0.3) is 0 Å². The molecule has 116 valence electrons. The lowest BCUT2D eigenvalue weighted by atomic mass is 10.1. The SMILES string of the molecule is CC(C(=O)Nc1ccc(Cl)cc1)N1CCC(C(=O)O)C1.Cl. The molecule has 5 nitrogen and oxygen atoms in total. The van der Waals surface area contributed by atoms with Gasteiger partial charge in [-0.3, -0.25) is 14.5 Å². The first-order valence-corrected chi connectivity index (χ1v) is 6.88. The van der Waals surface area contributed by atoms with Gasteiger partial charge in [-0.15, -0.1) is 12.4 Å². The minimum absolute atomic E-state index is 0. The number of hydrogen-bond donors (Lipinski definition) is 2. The molecular weight excluding hydrogens is 315 g/mol. The topological polar surface area (TPSA) is 69.6 Å². The van der Waals surface area contributed by atoms with Crippen molar-refractivity contribution in [3.8, 4) is 0 Å². The molecule has 1 aromatic carbocycles. The lowest BCUT2D eigenvalue weighted by Crippen LogP contribution is -2.41. The molecule has 7 heteroatoms. The molecule has 0 saturated carbocycles. The van der Waals surface area contributed by atoms with Crippen molar-refractivity contribution in [3.63, 3.8) is 0 Å². The number of carboxylic acids is 1. The Morgan fingerprint density at radius 3 is 2.52 bits per heavy atom. The molecule has 1 amide bonds. The smallest absolute Gasteiger partial charge is 0.307 e. The molecule has 0 aliphatic carbocycles. The highest BCUT2D eigenvalue weighted by Gasteiger charge is 2.33. The quantitative estimate of drug-likeness (QED) is 0.888. The second-order valence-electron chi connectivity index (χ2n) is 4.99. The number of carboxylic acid groups (broad SMARTS) is 1. The van der Waals surface area contributed by atoms with Crippen molar-refractivity contribution in [3.05, 3.63) is 29.3 Å². The predicted molar refractivity (Wildman–Crippen MR) is 84.1 cm³/mol. The van der Waals surface area contributed by atoms with Gasteiger partial charge in [0, 0.05) is 17.3 Å². The molecule has 21 heavy (non-hydrogen) atoms. The maximum Gasteiger partial charge on any atom is 0.307 e. The molecule has 1 heterocycles. The monoisotopic (exact) mass is 332 g/mol. The van der Waals surface area contributed by atoms with E-state index in [1.54, 1.807) is 31.2 Å². The van der Waals surface area contributed by atoms with Crippen LogP contribution >= 0.6 is 24.0 Å². The number of halogens is 2. The van der Waals surface area contributed by atoms with Crippen LogP contribution in [-0.2, 0) is 9.59 Å². The van der Waals surface area contributed by atoms with Crippen molar-refractivity contribution < 1.29 is 14.7 Å². The van der Waals surface area contributed by atoms with Crippen LogP contribution in [0.5, 0.6) is 0 Å². The van der Waals surface area contributed by atoms with E-state index >= 15 is 0 Å². The summed E-state index contributed by atoms with van der Waals surface area (Å²) in [4.78, 5) is 24.9. The number of nitrogens with one attached hydrogen (secondary N) is 1. The zero-order chi connectivity index (χ0) is 14.7. The number of hydrogen-bond acceptors (Lipinski definition) is 3. The summed E-state index contributed by atoms with van der Waals surface area (Å²) in [5, 5.41) is 12.4. The molecule has 0 radical (unpaired) electrons. The average Bonchev–Trinajstić information content (AvgIpc) is 2.90. The Bertz CT molecular complexity index is 507. The summed E-state index contributed by atoms with van der Waals surface area (Å²) in [6.45, 7) is 2.84. The summed E-state index contributed by atoms with van der Waals surface area (Å²) in [5.74, 6) is -1.31. The van der Waals surface area contributed by atoms with Gasteiger partial charge in [0.05, 0.1) is 12.0 Å². The van der Waals surface area contributed by atoms with E-state index in [-0.39, 0.29) is 30.3 Å². The number of rotatable bonds is 4. The van der Waals surface area contributed by atoms with E-state index in [2.05, 4.69) is 5.32 Å². The molecular formula is C14H18Cl2N2O3. The molecule has 2 unspecified atom stereocenters. The van der Waals surface area contributed by atoms with Crippen LogP contribution in [-0.4, -0.2) is 41.0 Å². The van der Waals surface area contributed by atoms with Crippen LogP contribution in [0.4, 0.5) is 5.69 Å². The second kappa shape index (κ2) is 7.64. The van der Waals surface area contributed by atoms with E-state index in [0.717, 1.165) is 0 Å². The number of benzene rings is 1. The fraction of sp³-hybridized carbons (Fsp3) is 0.429. The van der Waals surface area contributed by atoms with Crippen molar-refractivity contribution in [1.29, 1.82) is 0 Å². The normalized spacial score (nSPS) is 19.6. The summed E-state index contributed by atoms with van der Waals surface area (Å²) in [6.07, 6.45) is 0.591. The van der Waals surface area contributed by atoms with Crippen LogP contribution in [0, 0.1) is 5.92 Å². The Balaban J connectivity index is 0.00000220. The maximum absolute atomic E-state index is 12.1. The van der Waals surface area contributed by atoms with Crippen LogP contribution in [0.3, 0.4) is 0 Å². The van der Waals surface area contributed by atoms with Gasteiger partial charge in [0.25, 0.3) is 0 Å². The molecule has 2 atom stereocenters. The van der Waals surface area contributed by atoms with E-state index in [9.17, 15) is 9.59 Å². The minimum atomic E-state index is -0.794. The van der Waals surface area contributed by atoms with Gasteiger partial charge in [-0.05, 0) is 44.2 Å². The summed E-state index contributed by atoms with van der Waals surface area (Å²) in [7, 11) is 0. The maximum atomic E-state index is 12.1. The zero-order valence-electron chi connectivity index (χ0n) is 11.6. The Morgan fingerprint density at radius 2 is 2.00 bits per heavy atom. The third-order valence-corrected chi connectivity index (χ3v) is 3.86. The molecule has 1 saturated heterocycles. The van der Waals surface area contributed by atoms with Gasteiger partial charge in [0.15, 0.2) is 0 Å². The molecule has 1 aliphatic heterocycles. The molecule has 0 spiro atoms. The molecule has 0 aromatic heterocycles. The van der Waals surface area contributed by atoms with Gasteiger partial charge in [-0.1, -0.05) is 11.6 Å². The van der Waals surface area contributed by atoms with E-state index in [1.807, 2.05) is 4.90 Å². The molecule has 1 aromatic rings. The van der Waals surface area contributed by atoms with Crippen molar-refractivity contribution in [2.75, 3.05) is 18.4 Å². The highest BCUT2D eigenvalue weighted by Crippen LogP contribution is 2.20. The summed E-state index contributed by atoms with van der Waals surface area (Å²) < 4.78 is 0. The average molecular weight is 333 g/mol. The number of aliphatic carboxylic acids is 1. The molecule has 1 aliphatic rings. The third-order valence-electron chi connectivity index (χ3n) is 3.61. The number of carbonyl (C=O) groups is 2. The van der Waals surface area contributed by atoms with E-state index < -0.39 is 5.97 Å². The fourth-order valence-electron chi connectivity index (χ4n) is 2.29. The summed E-state index contributed by atoms with van der Waals surface area (Å²) >= 11 is 5.78. The van der Waals surface area contributed by atoms with Crippen LogP contribution in [0.2, 0.25) is 5.02 Å². The standard InChI is InChI=1S/C14H17ClN2O3.ClH/c1-9(17-7-6-10(8-17)14(19)20)13(18)16-12-4-2-11(15)3-5-12;/h2-5,9-10H,6-8H2,1H3,(H,16,18)(H,19,20);1H. The van der Waals surface area contributed by atoms with E-state index in [1.165, 1.54) is 0 Å². The van der Waals surface area contributed by atoms with Crippen LogP contribution in [0.15, 0.2) is 24.3 Å². The highest BCUT2D eigenvalue weighted by atomic mass is 35.5. The van der Waals surface area contributed by atoms with Crippen molar-refractivity contribution >= 4 is 41.6 Å². The highest BCUT2D eigenvalue weighted by molar-refractivity contribution is 6.30. The van der Waals surface area contributed by atoms with Gasteiger partial charge < -0.3 is 10.4 Å². The molecule has 1 fully saturated rings. The predicted octanol–water partition coefficient (Wildman–Crippen LogP) is 2.50. The largest absolute Gasteiger partial charge is 0.481 e. The van der Waals surface area contributed by atoms with Crippen molar-refractivity contribution in [2.24, 2.45) is 5.92 Å². The number of likely N-dealkylation sites (tertiary alicyclic amines) is 1.